The molecule has 140 valence electrons. The minimum atomic E-state index is -0.880. The number of hydrogen-bond acceptors (Lipinski definition) is 5. The van der Waals surface area contributed by atoms with Crippen molar-refractivity contribution in [2.45, 2.75) is 45.3 Å². The highest BCUT2D eigenvalue weighted by atomic mass is 16.5. The van der Waals surface area contributed by atoms with E-state index in [0.717, 1.165) is 35.8 Å². The van der Waals surface area contributed by atoms with E-state index in [1.54, 1.807) is 25.3 Å². The molecular weight excluding hydrogens is 346 g/mol. The number of nitrogens with one attached hydrogen (secondary N) is 1. The third-order valence-electron chi connectivity index (χ3n) is 4.90. The molecule has 1 atom stereocenters. The minimum absolute atomic E-state index is 0.0710. The third kappa shape index (κ3) is 3.74. The second kappa shape index (κ2) is 7.31. The lowest BCUT2D eigenvalue weighted by molar-refractivity contribution is -0.154. The van der Waals surface area contributed by atoms with E-state index in [1.807, 2.05) is 0 Å². The van der Waals surface area contributed by atoms with Crippen LogP contribution < -0.4 is 5.32 Å². The molecule has 3 aromatic rings. The predicted molar refractivity (Wildman–Crippen MR) is 98.1 cm³/mol. The first-order valence-electron chi connectivity index (χ1n) is 9.11. The number of amides is 1. The van der Waals surface area contributed by atoms with Gasteiger partial charge < -0.3 is 18.9 Å². The predicted octanol–water partition coefficient (Wildman–Crippen LogP) is 3.31. The van der Waals surface area contributed by atoms with E-state index in [0.29, 0.717) is 5.76 Å². The van der Waals surface area contributed by atoms with Gasteiger partial charge in [0.1, 0.15) is 11.3 Å². The van der Waals surface area contributed by atoms with Crippen LogP contribution in [0.5, 0.6) is 0 Å². The van der Waals surface area contributed by atoms with Crippen LogP contribution >= 0.6 is 0 Å². The van der Waals surface area contributed by atoms with Crippen molar-refractivity contribution in [3.63, 3.8) is 0 Å². The molecule has 1 unspecified atom stereocenters. The van der Waals surface area contributed by atoms with E-state index < -0.39 is 12.1 Å². The summed E-state index contributed by atoms with van der Waals surface area (Å²) in [5.74, 6) is -0.187. The first-order valence-corrected chi connectivity index (χ1v) is 9.11. The fourth-order valence-electron chi connectivity index (χ4n) is 3.46. The van der Waals surface area contributed by atoms with Gasteiger partial charge in [0.05, 0.1) is 25.5 Å². The van der Waals surface area contributed by atoms with Crippen molar-refractivity contribution in [1.29, 1.82) is 0 Å². The molecule has 6 nitrogen and oxygen atoms in total. The minimum Gasteiger partial charge on any atom is -0.467 e. The second-order valence-corrected chi connectivity index (χ2v) is 6.84. The standard InChI is InChI=1S/C21H21NO5/c1-13(21(24)22-11-17-6-3-7-25-17)27-20(23)10-16-12-26-19-9-15-5-2-4-14(15)8-18(16)19/h3,6-9,12-13H,2,4-5,10-11H2,1H3,(H,22,24). The molecule has 2 heterocycles. The Kier molecular flexibility index (Phi) is 4.71. The Bertz CT molecular complexity index is 970. The number of carbonyl (C=O) groups is 2. The zero-order chi connectivity index (χ0) is 18.8. The van der Waals surface area contributed by atoms with Crippen molar-refractivity contribution in [3.8, 4) is 0 Å². The fraction of sp³-hybridized carbons (Fsp3) is 0.333. The molecule has 0 spiro atoms. The quantitative estimate of drug-likeness (QED) is 0.676. The van der Waals surface area contributed by atoms with Gasteiger partial charge in [-0.25, -0.2) is 0 Å². The van der Waals surface area contributed by atoms with E-state index >= 15 is 0 Å². The molecule has 0 aliphatic heterocycles. The summed E-state index contributed by atoms with van der Waals surface area (Å²) in [6.07, 6.45) is 5.63. The monoisotopic (exact) mass is 367 g/mol. The maximum atomic E-state index is 12.3. The molecule has 6 heteroatoms. The highest BCUT2D eigenvalue weighted by Gasteiger charge is 2.21. The Balaban J connectivity index is 1.36. The molecule has 0 saturated carbocycles. The topological polar surface area (TPSA) is 81.7 Å². The summed E-state index contributed by atoms with van der Waals surface area (Å²) in [5.41, 5.74) is 4.23. The van der Waals surface area contributed by atoms with Crippen LogP contribution in [0.2, 0.25) is 0 Å². The molecule has 27 heavy (non-hydrogen) atoms. The van der Waals surface area contributed by atoms with Gasteiger partial charge in [-0.1, -0.05) is 0 Å². The molecule has 2 aromatic heterocycles. The van der Waals surface area contributed by atoms with Crippen LogP contribution in [-0.2, 0) is 40.1 Å². The number of carbonyl (C=O) groups excluding carboxylic acids is 2. The maximum absolute atomic E-state index is 12.3. The molecule has 1 aliphatic rings. The number of hydrogen-bond donors (Lipinski definition) is 1. The van der Waals surface area contributed by atoms with Crippen LogP contribution in [0, 0.1) is 0 Å². The number of furan rings is 2. The summed E-state index contributed by atoms with van der Waals surface area (Å²) in [4.78, 5) is 24.3. The van der Waals surface area contributed by atoms with Crippen molar-refractivity contribution in [2.75, 3.05) is 0 Å². The Morgan fingerprint density at radius 2 is 2.04 bits per heavy atom. The average Bonchev–Trinajstić information content (AvgIpc) is 3.39. The number of benzene rings is 1. The SMILES string of the molecule is CC(OC(=O)Cc1coc2cc3c(cc12)CCC3)C(=O)NCc1ccco1. The van der Waals surface area contributed by atoms with Gasteiger partial charge in [-0.3, -0.25) is 9.59 Å². The van der Waals surface area contributed by atoms with Crippen LogP contribution in [0.4, 0.5) is 0 Å². The lowest BCUT2D eigenvalue weighted by Gasteiger charge is -2.12. The Labute approximate surface area is 156 Å². The maximum Gasteiger partial charge on any atom is 0.311 e. The van der Waals surface area contributed by atoms with E-state index in [9.17, 15) is 9.59 Å². The van der Waals surface area contributed by atoms with E-state index in [4.69, 9.17) is 13.6 Å². The van der Waals surface area contributed by atoms with Gasteiger partial charge in [-0.2, -0.15) is 0 Å². The highest BCUT2D eigenvalue weighted by Crippen LogP contribution is 2.30. The van der Waals surface area contributed by atoms with Crippen LogP contribution in [0.25, 0.3) is 11.0 Å². The number of aryl methyl sites for hydroxylation is 2. The summed E-state index contributed by atoms with van der Waals surface area (Å²) >= 11 is 0. The van der Waals surface area contributed by atoms with Crippen molar-refractivity contribution in [3.05, 3.63) is 59.2 Å². The first kappa shape index (κ1) is 17.4. The lowest BCUT2D eigenvalue weighted by atomic mass is 10.0. The first-order chi connectivity index (χ1) is 13.1. The molecule has 1 aromatic carbocycles. The van der Waals surface area contributed by atoms with Crippen LogP contribution in [0.1, 0.15) is 35.8 Å². The molecule has 0 fully saturated rings. The normalized spacial score (nSPS) is 14.1. The Hall–Kier alpha value is -3.02. The summed E-state index contributed by atoms with van der Waals surface area (Å²) in [6.45, 7) is 1.81. The smallest absolute Gasteiger partial charge is 0.311 e. The second-order valence-electron chi connectivity index (χ2n) is 6.84. The number of fused-ring (bicyclic) bond motifs is 2. The summed E-state index contributed by atoms with van der Waals surface area (Å²) in [5, 5.41) is 3.63. The number of rotatable bonds is 6. The van der Waals surface area contributed by atoms with Gasteiger partial charge in [-0.15, -0.1) is 0 Å². The molecule has 4 rings (SSSR count). The molecule has 1 amide bonds. The van der Waals surface area contributed by atoms with Crippen LogP contribution in [-0.4, -0.2) is 18.0 Å². The zero-order valence-corrected chi connectivity index (χ0v) is 15.1. The summed E-state index contributed by atoms with van der Waals surface area (Å²) in [6, 6.07) is 7.69. The molecule has 0 radical (unpaired) electrons. The largest absolute Gasteiger partial charge is 0.467 e. The fourth-order valence-corrected chi connectivity index (χ4v) is 3.46. The van der Waals surface area contributed by atoms with Crippen molar-refractivity contribution < 1.29 is 23.2 Å². The third-order valence-corrected chi connectivity index (χ3v) is 4.90. The van der Waals surface area contributed by atoms with E-state index in [2.05, 4.69) is 17.4 Å². The van der Waals surface area contributed by atoms with E-state index in [-0.39, 0.29) is 18.9 Å². The number of esters is 1. The highest BCUT2D eigenvalue weighted by molar-refractivity contribution is 5.88. The summed E-state index contributed by atoms with van der Waals surface area (Å²) in [7, 11) is 0. The van der Waals surface area contributed by atoms with Gasteiger partial charge in [0.15, 0.2) is 6.10 Å². The number of ether oxygens (including phenoxy) is 1. The van der Waals surface area contributed by atoms with Crippen molar-refractivity contribution in [1.82, 2.24) is 5.32 Å². The van der Waals surface area contributed by atoms with Gasteiger partial charge >= 0.3 is 5.97 Å². The van der Waals surface area contributed by atoms with Gasteiger partial charge in [0.25, 0.3) is 5.91 Å². The summed E-state index contributed by atoms with van der Waals surface area (Å²) < 4.78 is 16.0. The Morgan fingerprint density at radius 1 is 1.22 bits per heavy atom. The van der Waals surface area contributed by atoms with Gasteiger partial charge in [-0.05, 0) is 61.6 Å². The molecular formula is C21H21NO5. The van der Waals surface area contributed by atoms with Gasteiger partial charge in [0, 0.05) is 10.9 Å². The van der Waals surface area contributed by atoms with Crippen molar-refractivity contribution in [2.24, 2.45) is 0 Å². The average molecular weight is 367 g/mol. The molecule has 0 bridgehead atoms. The molecule has 1 N–H and O–H groups in total. The molecule has 0 saturated heterocycles. The van der Waals surface area contributed by atoms with Crippen molar-refractivity contribution >= 4 is 22.8 Å². The molecule has 1 aliphatic carbocycles. The van der Waals surface area contributed by atoms with Crippen LogP contribution in [0.15, 0.2) is 45.6 Å². The zero-order valence-electron chi connectivity index (χ0n) is 15.1. The van der Waals surface area contributed by atoms with Crippen LogP contribution in [0.3, 0.4) is 0 Å². The Morgan fingerprint density at radius 3 is 2.81 bits per heavy atom. The lowest BCUT2D eigenvalue weighted by Crippen LogP contribution is -2.35. The van der Waals surface area contributed by atoms with E-state index in [1.165, 1.54) is 17.4 Å². The van der Waals surface area contributed by atoms with Gasteiger partial charge in [0.2, 0.25) is 0 Å².